The second-order valence-corrected chi connectivity index (χ2v) is 15.8. The molecule has 7 aromatic carbocycles. The van der Waals surface area contributed by atoms with Gasteiger partial charge in [0.25, 0.3) is 0 Å². The van der Waals surface area contributed by atoms with Gasteiger partial charge in [0.15, 0.2) is 0 Å². The van der Waals surface area contributed by atoms with Crippen LogP contribution in [0.25, 0.3) is 44.1 Å². The first-order valence-electron chi connectivity index (χ1n) is 19.2. The van der Waals surface area contributed by atoms with E-state index in [0.717, 1.165) is 17.8 Å². The van der Waals surface area contributed by atoms with Crippen LogP contribution in [-0.2, 0) is 10.8 Å². The van der Waals surface area contributed by atoms with Crippen molar-refractivity contribution in [2.24, 2.45) is 5.92 Å². The van der Waals surface area contributed by atoms with Crippen molar-refractivity contribution in [3.8, 4) is 16.8 Å². The van der Waals surface area contributed by atoms with E-state index in [1.165, 1.54) is 77.4 Å². The van der Waals surface area contributed by atoms with Gasteiger partial charge in [-0.05, 0) is 116 Å². The maximum atomic E-state index is 3.88. The molecule has 54 heavy (non-hydrogen) atoms. The summed E-state index contributed by atoms with van der Waals surface area (Å²) in [6.07, 6.45) is 10.2. The molecule has 0 aliphatic heterocycles. The van der Waals surface area contributed by atoms with Crippen molar-refractivity contribution in [3.63, 3.8) is 0 Å². The van der Waals surface area contributed by atoms with E-state index in [0.29, 0.717) is 5.92 Å². The van der Waals surface area contributed by atoms with Crippen LogP contribution in [0.15, 0.2) is 182 Å². The molecule has 1 heterocycles. The summed E-state index contributed by atoms with van der Waals surface area (Å²) in [4.78, 5) is 0. The molecule has 0 bridgehead atoms. The van der Waals surface area contributed by atoms with Crippen LogP contribution in [0.4, 0.5) is 11.4 Å². The van der Waals surface area contributed by atoms with E-state index < -0.39 is 0 Å². The first kappa shape index (κ1) is 31.2. The summed E-state index contributed by atoms with van der Waals surface area (Å²) in [5.74, 6) is 0.325. The molecule has 0 fully saturated rings. The van der Waals surface area contributed by atoms with Gasteiger partial charge in [-0.1, -0.05) is 141 Å². The molecular formula is C52H40N2. The highest BCUT2D eigenvalue weighted by Gasteiger charge is 2.51. The zero-order chi connectivity index (χ0) is 36.0. The summed E-state index contributed by atoms with van der Waals surface area (Å²) >= 11 is 0. The van der Waals surface area contributed by atoms with E-state index in [1.54, 1.807) is 0 Å². The molecule has 1 unspecified atom stereocenters. The van der Waals surface area contributed by atoms with Crippen molar-refractivity contribution in [2.45, 2.75) is 31.1 Å². The molecule has 8 aromatic rings. The van der Waals surface area contributed by atoms with Crippen LogP contribution >= 0.6 is 0 Å². The first-order valence-corrected chi connectivity index (χ1v) is 19.2. The van der Waals surface area contributed by atoms with Crippen molar-refractivity contribution >= 4 is 38.6 Å². The lowest BCUT2D eigenvalue weighted by atomic mass is 9.63. The molecule has 3 aliphatic carbocycles. The Morgan fingerprint density at radius 1 is 0.574 bits per heavy atom. The molecule has 0 saturated carbocycles. The third kappa shape index (κ3) is 4.34. The molecule has 2 nitrogen and oxygen atoms in total. The van der Waals surface area contributed by atoms with E-state index in [9.17, 15) is 0 Å². The van der Waals surface area contributed by atoms with Crippen LogP contribution < -0.4 is 5.32 Å². The number of rotatable bonds is 5. The number of nitrogens with zero attached hydrogens (tertiary/aromatic N) is 1. The molecule has 0 saturated heterocycles. The standard InChI is InChI=1S/C52H40N2/c1-51(2)47-31-37(22-25-42(47)43-27-24-39(33-48(43)51)54-30-29-45-40-18-10-9-13-34(40)21-28-50(45)54)53-38-23-26-44-41-19-11-12-20-46(41)52(49(44)32-38,35-14-5-3-6-15-35)36-16-7-4-8-17-36/h3-19,21-33,46,53H,20H2,1-2H3. The van der Waals surface area contributed by atoms with Crippen LogP contribution in [0.1, 0.15) is 53.6 Å². The third-order valence-corrected chi connectivity index (χ3v) is 12.7. The number of anilines is 2. The van der Waals surface area contributed by atoms with Crippen LogP contribution in [-0.4, -0.2) is 4.57 Å². The topological polar surface area (TPSA) is 17.0 Å². The fourth-order valence-electron chi connectivity index (χ4n) is 10.2. The van der Waals surface area contributed by atoms with Gasteiger partial charge in [0, 0.05) is 40.0 Å². The van der Waals surface area contributed by atoms with Crippen molar-refractivity contribution in [1.29, 1.82) is 0 Å². The third-order valence-electron chi connectivity index (χ3n) is 12.7. The number of hydrogen-bond acceptors (Lipinski definition) is 1. The Morgan fingerprint density at radius 2 is 1.22 bits per heavy atom. The molecule has 258 valence electrons. The Bertz CT molecular complexity index is 2810. The molecule has 0 radical (unpaired) electrons. The molecule has 1 N–H and O–H groups in total. The van der Waals surface area contributed by atoms with Gasteiger partial charge < -0.3 is 9.88 Å². The fraction of sp³-hybridized carbons (Fsp3) is 0.115. The number of allylic oxidation sites excluding steroid dienone is 4. The van der Waals surface area contributed by atoms with Crippen molar-refractivity contribution < 1.29 is 0 Å². The Labute approximate surface area is 316 Å². The Kier molecular flexibility index (Phi) is 6.67. The molecule has 1 atom stereocenters. The average Bonchev–Trinajstić information content (AvgIpc) is 3.86. The molecule has 11 rings (SSSR count). The van der Waals surface area contributed by atoms with Crippen LogP contribution in [0.2, 0.25) is 0 Å². The molecular weight excluding hydrogens is 653 g/mol. The van der Waals surface area contributed by atoms with Gasteiger partial charge in [-0.2, -0.15) is 0 Å². The minimum atomic E-state index is -0.288. The second-order valence-electron chi connectivity index (χ2n) is 15.8. The fourth-order valence-corrected chi connectivity index (χ4v) is 10.2. The predicted octanol–water partition coefficient (Wildman–Crippen LogP) is 13.1. The van der Waals surface area contributed by atoms with Gasteiger partial charge >= 0.3 is 0 Å². The predicted molar refractivity (Wildman–Crippen MR) is 226 cm³/mol. The van der Waals surface area contributed by atoms with Gasteiger partial charge in [-0.25, -0.2) is 0 Å². The summed E-state index contributed by atoms with van der Waals surface area (Å²) in [5.41, 5.74) is 16.4. The summed E-state index contributed by atoms with van der Waals surface area (Å²) in [6, 6.07) is 58.8. The van der Waals surface area contributed by atoms with E-state index in [4.69, 9.17) is 0 Å². The lowest BCUT2D eigenvalue weighted by Gasteiger charge is -2.39. The summed E-state index contributed by atoms with van der Waals surface area (Å²) in [6.45, 7) is 4.75. The molecule has 2 heteroatoms. The number of benzene rings is 7. The minimum absolute atomic E-state index is 0.156. The zero-order valence-electron chi connectivity index (χ0n) is 30.6. The highest BCUT2D eigenvalue weighted by atomic mass is 15.0. The highest BCUT2D eigenvalue weighted by molar-refractivity contribution is 6.07. The van der Waals surface area contributed by atoms with Crippen LogP contribution in [0, 0.1) is 5.92 Å². The normalized spacial score (nSPS) is 17.1. The average molecular weight is 693 g/mol. The number of nitrogens with one attached hydrogen (secondary N) is 1. The summed E-state index contributed by atoms with van der Waals surface area (Å²) < 4.78 is 2.34. The highest BCUT2D eigenvalue weighted by Crippen LogP contribution is 2.60. The van der Waals surface area contributed by atoms with Crippen LogP contribution in [0.3, 0.4) is 0 Å². The Morgan fingerprint density at radius 3 is 1.98 bits per heavy atom. The zero-order valence-corrected chi connectivity index (χ0v) is 30.6. The minimum Gasteiger partial charge on any atom is -0.356 e. The molecule has 1 aromatic heterocycles. The maximum absolute atomic E-state index is 3.88. The van der Waals surface area contributed by atoms with Gasteiger partial charge in [0.05, 0.1) is 10.9 Å². The smallest absolute Gasteiger partial charge is 0.0534 e. The van der Waals surface area contributed by atoms with E-state index >= 15 is 0 Å². The first-order chi connectivity index (χ1) is 26.5. The summed E-state index contributed by atoms with van der Waals surface area (Å²) in [7, 11) is 0. The quantitative estimate of drug-likeness (QED) is 0.190. The largest absolute Gasteiger partial charge is 0.356 e. The SMILES string of the molecule is CC1(C)c2cc(Nc3ccc4c(c3)C(c3ccccc3)(c3ccccc3)C3CC=CC=C43)ccc2-c2ccc(-n3ccc4c5ccccc5ccc43)cc21. The van der Waals surface area contributed by atoms with Crippen LogP contribution in [0.5, 0.6) is 0 Å². The number of aromatic nitrogens is 1. The monoisotopic (exact) mass is 692 g/mol. The van der Waals surface area contributed by atoms with Crippen molar-refractivity contribution in [1.82, 2.24) is 4.57 Å². The Balaban J connectivity index is 0.976. The van der Waals surface area contributed by atoms with Gasteiger partial charge in [0.2, 0.25) is 0 Å². The van der Waals surface area contributed by atoms with Gasteiger partial charge in [-0.3, -0.25) is 0 Å². The lowest BCUT2D eigenvalue weighted by molar-refractivity contribution is 0.484. The van der Waals surface area contributed by atoms with E-state index in [2.05, 4.69) is 206 Å². The lowest BCUT2D eigenvalue weighted by Crippen LogP contribution is -2.34. The molecule has 0 spiro atoms. The van der Waals surface area contributed by atoms with Crippen molar-refractivity contribution in [3.05, 3.63) is 216 Å². The van der Waals surface area contributed by atoms with Gasteiger partial charge in [-0.15, -0.1) is 0 Å². The molecule has 0 amide bonds. The second kappa shape index (κ2) is 11.6. The summed E-state index contributed by atoms with van der Waals surface area (Å²) in [5, 5.41) is 7.74. The Hall–Kier alpha value is -6.38. The maximum Gasteiger partial charge on any atom is 0.0534 e. The molecule has 3 aliphatic rings. The van der Waals surface area contributed by atoms with E-state index in [1.807, 2.05) is 0 Å². The number of fused-ring (bicyclic) bond motifs is 9. The van der Waals surface area contributed by atoms with Gasteiger partial charge in [0.1, 0.15) is 0 Å². The van der Waals surface area contributed by atoms with Crippen molar-refractivity contribution in [2.75, 3.05) is 5.32 Å². The number of hydrogen-bond donors (Lipinski definition) is 1. The van der Waals surface area contributed by atoms with E-state index in [-0.39, 0.29) is 10.8 Å².